The zero-order chi connectivity index (χ0) is 26.3. The van der Waals surface area contributed by atoms with Crippen molar-refractivity contribution in [2.75, 3.05) is 49.7 Å². The van der Waals surface area contributed by atoms with Gasteiger partial charge >= 0.3 is 12.1 Å². The van der Waals surface area contributed by atoms with Gasteiger partial charge < -0.3 is 19.3 Å². The molecule has 0 radical (unpaired) electrons. The molecular weight excluding hydrogens is 517 g/mol. The molecule has 192 valence electrons. The van der Waals surface area contributed by atoms with Crippen molar-refractivity contribution in [3.05, 3.63) is 28.5 Å². The Kier molecular flexibility index (Phi) is 9.95. The Morgan fingerprint density at radius 2 is 1.69 bits per heavy atom. The van der Waals surface area contributed by atoms with Gasteiger partial charge in [-0.1, -0.05) is 42.8 Å². The van der Waals surface area contributed by atoms with Gasteiger partial charge in [0.25, 0.3) is 0 Å². The number of hydrogen-bond acceptors (Lipinski definition) is 7. The van der Waals surface area contributed by atoms with Crippen molar-refractivity contribution in [2.45, 2.75) is 25.7 Å². The number of carbonyl (C=O) groups is 2. The molecule has 2 rings (SSSR count). The van der Waals surface area contributed by atoms with Crippen molar-refractivity contribution in [2.24, 2.45) is 0 Å². The zero-order valence-corrected chi connectivity index (χ0v) is 22.9. The molecule has 0 aliphatic rings. The molecule has 0 bridgehead atoms. The van der Waals surface area contributed by atoms with E-state index < -0.39 is 20.2 Å². The average Bonchev–Trinajstić information content (AvgIpc) is 2.79. The Bertz CT molecular complexity index is 1040. The quantitative estimate of drug-likeness (QED) is 0.235. The van der Waals surface area contributed by atoms with Crippen LogP contribution in [-0.2, 0) is 4.74 Å². The fourth-order valence-corrected chi connectivity index (χ4v) is 4.31. The average molecular weight is 546 g/mol. The van der Waals surface area contributed by atoms with Crippen molar-refractivity contribution in [1.29, 1.82) is 0 Å². The number of carboxylic acid groups (broad SMARTS) is 1. The van der Waals surface area contributed by atoms with E-state index in [-0.39, 0.29) is 45.6 Å². The maximum Gasteiger partial charge on any atom is 0.410 e. The number of hydrogen-bond donors (Lipinski definition) is 2. The molecule has 0 unspecified atom stereocenters. The highest BCUT2D eigenvalue weighted by atomic mass is 35.5. The van der Waals surface area contributed by atoms with Crippen molar-refractivity contribution in [3.8, 4) is 11.5 Å². The smallest absolute Gasteiger partial charge is 0.410 e. The number of nitrogens with zero attached hydrogens (tertiary/aromatic N) is 4. The third-order valence-corrected chi connectivity index (χ3v) is 7.22. The van der Waals surface area contributed by atoms with E-state index in [1.54, 1.807) is 0 Å². The fraction of sp³-hybridized carbons (Fsp3) is 0.429. The maximum absolute atomic E-state index is 13.7. The molecule has 14 heteroatoms. The van der Waals surface area contributed by atoms with Gasteiger partial charge in [0, 0.05) is 33.9 Å². The number of methoxy groups -OCH3 is 2. The predicted octanol–water partition coefficient (Wildman–Crippen LogP) is 5.27. The monoisotopic (exact) mass is 545 g/mol. The first-order chi connectivity index (χ1) is 16.4. The number of nitrogens with one attached hydrogen (secondary N) is 1. The number of urea groups is 1. The lowest BCUT2D eigenvalue weighted by Gasteiger charge is -2.30. The van der Waals surface area contributed by atoms with Crippen LogP contribution in [0, 0.1) is 0 Å². The summed E-state index contributed by atoms with van der Waals surface area (Å²) in [4.78, 5) is 35.0. The van der Waals surface area contributed by atoms with E-state index >= 15 is 0 Å². The van der Waals surface area contributed by atoms with Crippen LogP contribution < -0.4 is 24.6 Å². The summed E-state index contributed by atoms with van der Waals surface area (Å²) in [6, 6.07) is 3.10. The Hall–Kier alpha value is -2.80. The van der Waals surface area contributed by atoms with Crippen molar-refractivity contribution in [1.82, 2.24) is 9.97 Å². The molecule has 0 saturated heterocycles. The lowest BCUT2D eigenvalue weighted by atomic mass is 10.2. The second kappa shape index (κ2) is 12.2. The molecule has 0 saturated carbocycles. The number of amides is 3. The molecule has 3 amide bonds. The third kappa shape index (κ3) is 7.59. The van der Waals surface area contributed by atoms with Gasteiger partial charge in [-0.3, -0.25) is 15.1 Å². The van der Waals surface area contributed by atoms with E-state index in [2.05, 4.69) is 34.9 Å². The molecular formula is C21H29Cl2N5O6Si. The number of anilines is 3. The first-order valence-corrected chi connectivity index (χ1v) is 14.9. The predicted molar refractivity (Wildman–Crippen MR) is 138 cm³/mol. The summed E-state index contributed by atoms with van der Waals surface area (Å²) < 4.78 is 16.5. The van der Waals surface area contributed by atoms with Gasteiger partial charge in [-0.25, -0.2) is 19.6 Å². The van der Waals surface area contributed by atoms with E-state index in [0.717, 1.165) is 12.4 Å². The summed E-state index contributed by atoms with van der Waals surface area (Å²) in [6.45, 7) is 6.90. The van der Waals surface area contributed by atoms with Gasteiger partial charge in [-0.15, -0.1) is 0 Å². The van der Waals surface area contributed by atoms with E-state index in [1.807, 2.05) is 0 Å². The highest BCUT2D eigenvalue weighted by Crippen LogP contribution is 2.46. The fourth-order valence-electron chi connectivity index (χ4n) is 2.85. The van der Waals surface area contributed by atoms with Crippen LogP contribution in [0.1, 0.15) is 0 Å². The van der Waals surface area contributed by atoms with Crippen LogP contribution in [0.25, 0.3) is 0 Å². The molecule has 2 aromatic rings. The molecule has 35 heavy (non-hydrogen) atoms. The molecule has 0 atom stereocenters. The summed E-state index contributed by atoms with van der Waals surface area (Å²) in [5, 5.41) is 11.3. The molecule has 1 aromatic heterocycles. The minimum atomic E-state index is -1.38. The Morgan fingerprint density at radius 1 is 1.09 bits per heavy atom. The summed E-state index contributed by atoms with van der Waals surface area (Å²) >= 11 is 13.1. The lowest BCUT2D eigenvalue weighted by molar-refractivity contribution is 0.148. The third-order valence-electron chi connectivity index (χ3n) is 4.79. The maximum atomic E-state index is 13.7. The van der Waals surface area contributed by atoms with Crippen LogP contribution in [-0.4, -0.2) is 69.9 Å². The molecule has 2 N–H and O–H groups in total. The summed E-state index contributed by atoms with van der Waals surface area (Å²) in [7, 11) is 2.94. The Balaban J connectivity index is 2.49. The molecule has 11 nitrogen and oxygen atoms in total. The van der Waals surface area contributed by atoms with Crippen LogP contribution in [0.15, 0.2) is 18.5 Å². The largest absolute Gasteiger partial charge is 0.495 e. The molecule has 0 spiro atoms. The minimum Gasteiger partial charge on any atom is -0.495 e. The van der Waals surface area contributed by atoms with Crippen LogP contribution in [0.2, 0.25) is 35.7 Å². The first kappa shape index (κ1) is 28.4. The topological polar surface area (TPSA) is 126 Å². The molecule has 0 aliphatic carbocycles. The zero-order valence-electron chi connectivity index (χ0n) is 20.4. The van der Waals surface area contributed by atoms with Crippen LogP contribution in [0.3, 0.4) is 0 Å². The van der Waals surface area contributed by atoms with Gasteiger partial charge in [-0.2, -0.15) is 0 Å². The SMILES string of the molecule is COc1cc(OC)c(Cl)c(N(COCC[Si](C)(C)C)C(=O)N(C)c2cc(NC(=O)O)ncn2)c1Cl. The molecule has 0 aliphatic heterocycles. The van der Waals surface area contributed by atoms with Gasteiger partial charge in [0.1, 0.15) is 46.2 Å². The Morgan fingerprint density at radius 3 is 2.20 bits per heavy atom. The number of benzene rings is 1. The normalized spacial score (nSPS) is 11.1. The van der Waals surface area contributed by atoms with E-state index in [9.17, 15) is 9.59 Å². The molecule has 1 aromatic carbocycles. The second-order valence-electron chi connectivity index (χ2n) is 8.57. The minimum absolute atomic E-state index is 0.000740. The van der Waals surface area contributed by atoms with E-state index in [1.165, 1.54) is 43.2 Å². The second-order valence-corrected chi connectivity index (χ2v) is 14.9. The van der Waals surface area contributed by atoms with Crippen molar-refractivity contribution >= 4 is 60.7 Å². The number of carbonyl (C=O) groups excluding carboxylic acids is 1. The van der Waals surface area contributed by atoms with E-state index in [4.69, 9.17) is 42.5 Å². The van der Waals surface area contributed by atoms with Crippen LogP contribution in [0.4, 0.5) is 26.9 Å². The number of ether oxygens (including phenoxy) is 3. The van der Waals surface area contributed by atoms with Gasteiger partial charge in [0.15, 0.2) is 0 Å². The van der Waals surface area contributed by atoms with Crippen LogP contribution in [0.5, 0.6) is 11.5 Å². The summed E-state index contributed by atoms with van der Waals surface area (Å²) in [5.74, 6) is 0.628. The van der Waals surface area contributed by atoms with E-state index in [0.29, 0.717) is 6.61 Å². The summed E-state index contributed by atoms with van der Waals surface area (Å²) in [5.41, 5.74) is 0.132. The number of halogens is 2. The Labute approximate surface area is 214 Å². The van der Waals surface area contributed by atoms with Crippen molar-refractivity contribution in [3.63, 3.8) is 0 Å². The standard InChI is InChI=1S/C21H29Cl2N5O6Si/c1-27(16-10-15(24-11-25-16)26-20(29)30)21(31)28(12-34-7-8-35(4,5)6)19-17(22)13(32-2)9-14(33-3)18(19)23/h9-11H,7-8,12H2,1-6H3,(H,29,30)(H,24,25,26). The van der Waals surface area contributed by atoms with Crippen molar-refractivity contribution < 1.29 is 28.9 Å². The summed E-state index contributed by atoms with van der Waals surface area (Å²) in [6.07, 6.45) is -0.170. The lowest BCUT2D eigenvalue weighted by Crippen LogP contribution is -2.43. The van der Waals surface area contributed by atoms with Gasteiger partial charge in [0.2, 0.25) is 0 Å². The van der Waals surface area contributed by atoms with Gasteiger partial charge in [-0.05, 0) is 6.04 Å². The van der Waals surface area contributed by atoms with Crippen LogP contribution >= 0.6 is 23.2 Å². The highest BCUT2D eigenvalue weighted by molar-refractivity contribution is 6.76. The molecule has 0 fully saturated rings. The first-order valence-electron chi connectivity index (χ1n) is 10.4. The number of aromatic nitrogens is 2. The van der Waals surface area contributed by atoms with Gasteiger partial charge in [0.05, 0.1) is 19.9 Å². The highest BCUT2D eigenvalue weighted by Gasteiger charge is 2.30. The molecule has 1 heterocycles. The number of rotatable bonds is 10.